The molecule has 0 aliphatic rings. The zero-order chi connectivity index (χ0) is 9.61. The molecule has 0 aromatic carbocycles. The molecule has 0 saturated heterocycles. The zero-order valence-corrected chi connectivity index (χ0v) is 8.35. The molecule has 0 aromatic rings. The molecule has 0 amide bonds. The van der Waals surface area contributed by atoms with Gasteiger partial charge in [-0.05, 0) is 27.2 Å². The van der Waals surface area contributed by atoms with Crippen molar-refractivity contribution in [2.24, 2.45) is 0 Å². The average Bonchev–Trinajstić information content (AvgIpc) is 2.01. The molecule has 0 radical (unpaired) electrons. The predicted octanol–water partition coefficient (Wildman–Crippen LogP) is 1.75. The highest BCUT2D eigenvalue weighted by molar-refractivity contribution is 5.78. The van der Waals surface area contributed by atoms with Crippen molar-refractivity contribution in [1.29, 1.82) is 0 Å². The Morgan fingerprint density at radius 2 is 1.92 bits per heavy atom. The smallest absolute Gasteiger partial charge is 0.337 e. The molecule has 0 aliphatic carbocycles. The second kappa shape index (κ2) is 5.14. The maximum atomic E-state index is 11.2. The largest absolute Gasteiger partial charge is 0.464 e. The third-order valence-corrected chi connectivity index (χ3v) is 1.43. The molecule has 0 heterocycles. The Balaban J connectivity index is 3.90. The van der Waals surface area contributed by atoms with Gasteiger partial charge in [-0.2, -0.15) is 0 Å². The van der Waals surface area contributed by atoms with Crippen molar-refractivity contribution in [2.75, 3.05) is 13.2 Å². The summed E-state index contributed by atoms with van der Waals surface area (Å²) in [6.07, 6.45) is 0.906. The van der Waals surface area contributed by atoms with Crippen LogP contribution in [0.5, 0.6) is 0 Å². The predicted molar refractivity (Wildman–Crippen MR) is 47.0 cm³/mol. The summed E-state index contributed by atoms with van der Waals surface area (Å²) in [7, 11) is 0. The molecule has 0 unspecified atom stereocenters. The molecule has 72 valence electrons. The lowest BCUT2D eigenvalue weighted by Gasteiger charge is -2.22. The van der Waals surface area contributed by atoms with E-state index in [1.54, 1.807) is 20.8 Å². The first-order chi connectivity index (χ1) is 5.54. The minimum atomic E-state index is -0.800. The standard InChI is InChI=1S/C9H18O3/c1-5-7-12-9(3,4)8(10)11-6-2/h5-7H2,1-4H3. The zero-order valence-electron chi connectivity index (χ0n) is 8.35. The van der Waals surface area contributed by atoms with E-state index in [1.807, 2.05) is 6.92 Å². The highest BCUT2D eigenvalue weighted by atomic mass is 16.6. The molecule has 0 fully saturated rings. The number of hydrogen-bond acceptors (Lipinski definition) is 3. The third kappa shape index (κ3) is 3.72. The van der Waals surface area contributed by atoms with Gasteiger partial charge in [0, 0.05) is 6.61 Å². The van der Waals surface area contributed by atoms with E-state index in [2.05, 4.69) is 0 Å². The molecule has 0 saturated carbocycles. The lowest BCUT2D eigenvalue weighted by atomic mass is 10.1. The van der Waals surface area contributed by atoms with Crippen LogP contribution < -0.4 is 0 Å². The van der Waals surface area contributed by atoms with Crippen molar-refractivity contribution in [2.45, 2.75) is 39.7 Å². The fraction of sp³-hybridized carbons (Fsp3) is 0.889. The van der Waals surface area contributed by atoms with Crippen LogP contribution in [0.1, 0.15) is 34.1 Å². The first-order valence-corrected chi connectivity index (χ1v) is 4.35. The summed E-state index contributed by atoms with van der Waals surface area (Å²) in [4.78, 5) is 11.2. The maximum absolute atomic E-state index is 11.2. The van der Waals surface area contributed by atoms with Crippen molar-refractivity contribution >= 4 is 5.97 Å². The molecule has 3 nitrogen and oxygen atoms in total. The molecule has 0 atom stereocenters. The SMILES string of the molecule is CCCOC(C)(C)C(=O)OCC. The first kappa shape index (κ1) is 11.4. The molecule has 0 aromatic heterocycles. The van der Waals surface area contributed by atoms with Gasteiger partial charge in [-0.1, -0.05) is 6.92 Å². The van der Waals surface area contributed by atoms with Gasteiger partial charge in [-0.15, -0.1) is 0 Å². The highest BCUT2D eigenvalue weighted by Crippen LogP contribution is 2.11. The van der Waals surface area contributed by atoms with Crippen LogP contribution in [-0.4, -0.2) is 24.8 Å². The molecule has 3 heteroatoms. The Hall–Kier alpha value is -0.570. The van der Waals surface area contributed by atoms with Gasteiger partial charge in [0.05, 0.1) is 6.61 Å². The minimum Gasteiger partial charge on any atom is -0.464 e. The first-order valence-electron chi connectivity index (χ1n) is 4.35. The third-order valence-electron chi connectivity index (χ3n) is 1.43. The van der Waals surface area contributed by atoms with Crippen LogP contribution in [0.3, 0.4) is 0 Å². The summed E-state index contributed by atoms with van der Waals surface area (Å²) in [6.45, 7) is 8.22. The summed E-state index contributed by atoms with van der Waals surface area (Å²) in [5, 5.41) is 0. The molecular formula is C9H18O3. The van der Waals surface area contributed by atoms with E-state index >= 15 is 0 Å². The van der Waals surface area contributed by atoms with Crippen LogP contribution in [-0.2, 0) is 14.3 Å². The minimum absolute atomic E-state index is 0.293. The second-order valence-electron chi connectivity index (χ2n) is 3.08. The van der Waals surface area contributed by atoms with Crippen LogP contribution >= 0.6 is 0 Å². The van der Waals surface area contributed by atoms with E-state index < -0.39 is 5.60 Å². The molecule has 0 spiro atoms. The van der Waals surface area contributed by atoms with Crippen molar-refractivity contribution < 1.29 is 14.3 Å². The van der Waals surface area contributed by atoms with Crippen LogP contribution in [0.2, 0.25) is 0 Å². The number of hydrogen-bond donors (Lipinski definition) is 0. The number of carbonyl (C=O) groups is 1. The highest BCUT2D eigenvalue weighted by Gasteiger charge is 2.29. The molecular weight excluding hydrogens is 156 g/mol. The lowest BCUT2D eigenvalue weighted by molar-refractivity contribution is -0.167. The quantitative estimate of drug-likeness (QED) is 0.596. The van der Waals surface area contributed by atoms with Gasteiger partial charge in [-0.25, -0.2) is 4.79 Å². The van der Waals surface area contributed by atoms with Crippen LogP contribution in [0.15, 0.2) is 0 Å². The van der Waals surface area contributed by atoms with Crippen LogP contribution in [0, 0.1) is 0 Å². The van der Waals surface area contributed by atoms with Crippen LogP contribution in [0.4, 0.5) is 0 Å². The maximum Gasteiger partial charge on any atom is 0.337 e. The van der Waals surface area contributed by atoms with Gasteiger partial charge in [-0.3, -0.25) is 0 Å². The van der Waals surface area contributed by atoms with Crippen molar-refractivity contribution in [1.82, 2.24) is 0 Å². The number of carbonyl (C=O) groups excluding carboxylic acids is 1. The van der Waals surface area contributed by atoms with E-state index in [0.29, 0.717) is 13.2 Å². The van der Waals surface area contributed by atoms with Gasteiger partial charge in [0.2, 0.25) is 0 Å². The monoisotopic (exact) mass is 174 g/mol. The van der Waals surface area contributed by atoms with E-state index in [9.17, 15) is 4.79 Å². The summed E-state index contributed by atoms with van der Waals surface area (Å²) >= 11 is 0. The van der Waals surface area contributed by atoms with Crippen molar-refractivity contribution in [3.8, 4) is 0 Å². The summed E-state index contributed by atoms with van der Waals surface area (Å²) < 4.78 is 10.2. The second-order valence-corrected chi connectivity index (χ2v) is 3.08. The fourth-order valence-corrected chi connectivity index (χ4v) is 0.721. The van der Waals surface area contributed by atoms with E-state index in [0.717, 1.165) is 6.42 Å². The van der Waals surface area contributed by atoms with Gasteiger partial charge in [0.1, 0.15) is 0 Å². The number of ether oxygens (including phenoxy) is 2. The number of rotatable bonds is 5. The summed E-state index contributed by atoms with van der Waals surface area (Å²) in [5.74, 6) is -0.293. The summed E-state index contributed by atoms with van der Waals surface area (Å²) in [6, 6.07) is 0. The van der Waals surface area contributed by atoms with Gasteiger partial charge in [0.25, 0.3) is 0 Å². The van der Waals surface area contributed by atoms with Gasteiger partial charge >= 0.3 is 5.97 Å². The Morgan fingerprint density at radius 1 is 1.33 bits per heavy atom. The number of esters is 1. The molecule has 12 heavy (non-hydrogen) atoms. The lowest BCUT2D eigenvalue weighted by Crippen LogP contribution is -2.37. The Kier molecular flexibility index (Phi) is 4.90. The molecule has 0 rings (SSSR count). The molecule has 0 bridgehead atoms. The van der Waals surface area contributed by atoms with E-state index in [4.69, 9.17) is 9.47 Å². The Labute approximate surface area is 74.0 Å². The Bertz CT molecular complexity index is 141. The molecule has 0 aliphatic heterocycles. The van der Waals surface area contributed by atoms with Gasteiger partial charge in [0.15, 0.2) is 5.60 Å². The van der Waals surface area contributed by atoms with Gasteiger partial charge < -0.3 is 9.47 Å². The van der Waals surface area contributed by atoms with Crippen molar-refractivity contribution in [3.63, 3.8) is 0 Å². The topological polar surface area (TPSA) is 35.5 Å². The van der Waals surface area contributed by atoms with E-state index in [1.165, 1.54) is 0 Å². The Morgan fingerprint density at radius 3 is 2.33 bits per heavy atom. The van der Waals surface area contributed by atoms with E-state index in [-0.39, 0.29) is 5.97 Å². The van der Waals surface area contributed by atoms with Crippen LogP contribution in [0.25, 0.3) is 0 Å². The van der Waals surface area contributed by atoms with Crippen molar-refractivity contribution in [3.05, 3.63) is 0 Å². The fourth-order valence-electron chi connectivity index (χ4n) is 0.721. The average molecular weight is 174 g/mol. The molecule has 0 N–H and O–H groups in total. The summed E-state index contributed by atoms with van der Waals surface area (Å²) in [5.41, 5.74) is -0.800. The normalized spacial score (nSPS) is 11.3.